The second kappa shape index (κ2) is 15.1. The van der Waals surface area contributed by atoms with E-state index in [-0.39, 0.29) is 27.8 Å². The van der Waals surface area contributed by atoms with Crippen LogP contribution in [0.2, 0.25) is 0 Å². The predicted molar refractivity (Wildman–Crippen MR) is 181 cm³/mol. The van der Waals surface area contributed by atoms with Crippen molar-refractivity contribution in [1.29, 1.82) is 0 Å². The molecule has 3 aromatic carbocycles. The summed E-state index contributed by atoms with van der Waals surface area (Å²) < 4.78 is 38.0. The van der Waals surface area contributed by atoms with Gasteiger partial charge in [-0.05, 0) is 60.9 Å². The monoisotopic (exact) mass is 691 g/mol. The molecule has 1 fully saturated rings. The molecule has 250 valence electrons. The van der Waals surface area contributed by atoms with Crippen LogP contribution in [0.25, 0.3) is 5.76 Å². The summed E-state index contributed by atoms with van der Waals surface area (Å²) >= 11 is 2.36. The standard InChI is InChI=1S/C35H34FN3O7S2/c1-3-5-8-15-44-25-13-11-21(18-27(25)43-4-2)30-29(31(40)22-12-14-26-28(19-22)46-17-16-45-26)32(41)33(42)39(30)34-37-38-35(48-34)47-20-23-9-6-7-10-24(23)36/h6-7,9-14,18-19,30,40H,3-5,8,15-17,20H2,1-2H3/b31-29+/t30-/m0/s1. The molecule has 10 nitrogen and oxygen atoms in total. The van der Waals surface area contributed by atoms with Crippen LogP contribution >= 0.6 is 23.1 Å². The molecule has 48 heavy (non-hydrogen) atoms. The number of hydrogen-bond donors (Lipinski definition) is 1. The van der Waals surface area contributed by atoms with E-state index in [2.05, 4.69) is 17.1 Å². The van der Waals surface area contributed by atoms with E-state index in [1.807, 2.05) is 6.92 Å². The number of aromatic nitrogens is 2. The maximum absolute atomic E-state index is 14.2. The SMILES string of the molecule is CCCCCOc1ccc([C@H]2/C(=C(\O)c3ccc4c(c3)OCCO4)C(=O)C(=O)N2c2nnc(SCc3ccccc3F)s2)cc1OCC. The number of aliphatic hydroxyl groups excluding tert-OH is 1. The second-order valence-electron chi connectivity index (χ2n) is 11.0. The van der Waals surface area contributed by atoms with Gasteiger partial charge in [0.25, 0.3) is 5.78 Å². The summed E-state index contributed by atoms with van der Waals surface area (Å²) in [6, 6.07) is 15.4. The number of hydrogen-bond acceptors (Lipinski definition) is 11. The molecule has 1 N–H and O–H groups in total. The highest BCUT2D eigenvalue weighted by atomic mass is 32.2. The van der Waals surface area contributed by atoms with E-state index in [4.69, 9.17) is 18.9 Å². The highest BCUT2D eigenvalue weighted by Gasteiger charge is 2.48. The first kappa shape index (κ1) is 33.3. The van der Waals surface area contributed by atoms with Crippen LogP contribution in [0, 0.1) is 5.82 Å². The van der Waals surface area contributed by atoms with E-state index in [1.165, 1.54) is 22.7 Å². The second-order valence-corrected chi connectivity index (χ2v) is 13.1. The van der Waals surface area contributed by atoms with Crippen LogP contribution in [-0.4, -0.2) is 53.4 Å². The lowest BCUT2D eigenvalue weighted by atomic mass is 9.95. The van der Waals surface area contributed by atoms with Gasteiger partial charge in [-0.3, -0.25) is 14.5 Å². The number of fused-ring (bicyclic) bond motifs is 1. The van der Waals surface area contributed by atoms with Crippen molar-refractivity contribution in [3.05, 3.63) is 88.7 Å². The number of carbonyl (C=O) groups excluding carboxylic acids is 2. The molecule has 0 unspecified atom stereocenters. The molecular formula is C35H34FN3O7S2. The number of halogens is 1. The van der Waals surface area contributed by atoms with Crippen LogP contribution < -0.4 is 23.8 Å². The van der Waals surface area contributed by atoms with Gasteiger partial charge in [-0.25, -0.2) is 4.39 Å². The average molecular weight is 692 g/mol. The van der Waals surface area contributed by atoms with E-state index in [0.29, 0.717) is 70.6 Å². The number of Topliss-reactive ketones (excluding diaryl/α,β-unsaturated/α-hetero) is 1. The maximum atomic E-state index is 14.2. The molecule has 0 radical (unpaired) electrons. The Bertz CT molecular complexity index is 1850. The fourth-order valence-corrected chi connectivity index (χ4v) is 7.27. The molecule has 0 bridgehead atoms. The molecule has 2 aliphatic rings. The van der Waals surface area contributed by atoms with Crippen LogP contribution in [0.3, 0.4) is 0 Å². The minimum Gasteiger partial charge on any atom is -0.507 e. The van der Waals surface area contributed by atoms with E-state index in [9.17, 15) is 19.1 Å². The summed E-state index contributed by atoms with van der Waals surface area (Å²) in [5.74, 6) is -0.278. The van der Waals surface area contributed by atoms with Crippen molar-refractivity contribution >= 4 is 45.7 Å². The minimum atomic E-state index is -1.08. The number of rotatable bonds is 13. The fraction of sp³-hybridized carbons (Fsp3) is 0.314. The molecule has 0 spiro atoms. The molecule has 13 heteroatoms. The number of carbonyl (C=O) groups is 2. The van der Waals surface area contributed by atoms with Gasteiger partial charge >= 0.3 is 5.91 Å². The number of amides is 1. The quantitative estimate of drug-likeness (QED) is 0.0381. The van der Waals surface area contributed by atoms with Gasteiger partial charge in [-0.15, -0.1) is 10.2 Å². The summed E-state index contributed by atoms with van der Waals surface area (Å²) in [4.78, 5) is 28.8. The topological polar surface area (TPSA) is 120 Å². The summed E-state index contributed by atoms with van der Waals surface area (Å²) in [6.07, 6.45) is 2.96. The Hall–Kier alpha value is -4.62. The predicted octanol–water partition coefficient (Wildman–Crippen LogP) is 7.33. The lowest BCUT2D eigenvalue weighted by Gasteiger charge is -2.24. The van der Waals surface area contributed by atoms with Crippen molar-refractivity contribution in [3.8, 4) is 23.0 Å². The van der Waals surface area contributed by atoms with E-state index in [0.717, 1.165) is 30.6 Å². The van der Waals surface area contributed by atoms with Crippen molar-refractivity contribution in [2.45, 2.75) is 49.2 Å². The van der Waals surface area contributed by atoms with E-state index >= 15 is 0 Å². The number of unbranched alkanes of at least 4 members (excludes halogenated alkanes) is 2. The molecule has 0 saturated carbocycles. The average Bonchev–Trinajstić information content (AvgIpc) is 3.67. The maximum Gasteiger partial charge on any atom is 0.301 e. The van der Waals surface area contributed by atoms with Gasteiger partial charge < -0.3 is 24.1 Å². The number of ether oxygens (including phenoxy) is 4. The van der Waals surface area contributed by atoms with Gasteiger partial charge in [0.2, 0.25) is 5.13 Å². The third-order valence-electron chi connectivity index (χ3n) is 7.76. The van der Waals surface area contributed by atoms with Crippen molar-refractivity contribution in [3.63, 3.8) is 0 Å². The third kappa shape index (κ3) is 6.97. The molecule has 1 saturated heterocycles. The Labute approximate surface area is 285 Å². The Balaban J connectivity index is 1.40. The Morgan fingerprint density at radius 2 is 1.81 bits per heavy atom. The van der Waals surface area contributed by atoms with Crippen LogP contribution in [-0.2, 0) is 15.3 Å². The molecule has 6 rings (SSSR count). The number of nitrogens with zero attached hydrogens (tertiary/aromatic N) is 3. The van der Waals surface area contributed by atoms with Crippen LogP contribution in [0.1, 0.15) is 55.8 Å². The number of thioether (sulfide) groups is 1. The number of benzene rings is 3. The van der Waals surface area contributed by atoms with Crippen molar-refractivity contribution in [2.75, 3.05) is 31.3 Å². The minimum absolute atomic E-state index is 0.133. The van der Waals surface area contributed by atoms with Crippen LogP contribution in [0.15, 0.2) is 70.6 Å². The summed E-state index contributed by atoms with van der Waals surface area (Å²) in [5.41, 5.74) is 1.14. The van der Waals surface area contributed by atoms with Gasteiger partial charge in [0.1, 0.15) is 24.8 Å². The zero-order chi connectivity index (χ0) is 33.6. The first-order chi connectivity index (χ1) is 23.4. The molecule has 0 aliphatic carbocycles. The molecule has 3 heterocycles. The van der Waals surface area contributed by atoms with Crippen LogP contribution in [0.4, 0.5) is 9.52 Å². The molecule has 1 atom stereocenters. The summed E-state index contributed by atoms with van der Waals surface area (Å²) in [7, 11) is 0. The normalized spacial score (nSPS) is 16.7. The third-order valence-corrected chi connectivity index (χ3v) is 9.86. The van der Waals surface area contributed by atoms with Crippen molar-refractivity contribution in [2.24, 2.45) is 0 Å². The first-order valence-electron chi connectivity index (χ1n) is 15.7. The molecule has 4 aromatic rings. The Morgan fingerprint density at radius 3 is 2.60 bits per heavy atom. The number of aliphatic hydroxyl groups is 1. The first-order valence-corrected chi connectivity index (χ1v) is 17.5. The zero-order valence-corrected chi connectivity index (χ0v) is 28.1. The molecular weight excluding hydrogens is 658 g/mol. The largest absolute Gasteiger partial charge is 0.507 e. The Kier molecular flexibility index (Phi) is 10.5. The molecule has 1 amide bonds. The lowest BCUT2D eigenvalue weighted by molar-refractivity contribution is -0.132. The number of ketones is 1. The highest BCUT2D eigenvalue weighted by molar-refractivity contribution is 8.00. The van der Waals surface area contributed by atoms with Gasteiger partial charge in [-0.2, -0.15) is 0 Å². The van der Waals surface area contributed by atoms with Crippen molar-refractivity contribution < 1.29 is 38.0 Å². The summed E-state index contributed by atoms with van der Waals surface area (Å²) in [6.45, 7) is 5.56. The van der Waals surface area contributed by atoms with Gasteiger partial charge in [0, 0.05) is 11.3 Å². The Morgan fingerprint density at radius 1 is 1.00 bits per heavy atom. The van der Waals surface area contributed by atoms with Crippen LogP contribution in [0.5, 0.6) is 23.0 Å². The van der Waals surface area contributed by atoms with E-state index in [1.54, 1.807) is 54.6 Å². The van der Waals surface area contributed by atoms with E-state index < -0.39 is 17.7 Å². The zero-order valence-electron chi connectivity index (χ0n) is 26.4. The highest BCUT2D eigenvalue weighted by Crippen LogP contribution is 2.46. The fourth-order valence-electron chi connectivity index (χ4n) is 5.42. The number of anilines is 1. The summed E-state index contributed by atoms with van der Waals surface area (Å²) in [5, 5.41) is 20.3. The van der Waals surface area contributed by atoms with Gasteiger partial charge in [-0.1, -0.05) is 67.1 Å². The van der Waals surface area contributed by atoms with Crippen molar-refractivity contribution in [1.82, 2.24) is 10.2 Å². The smallest absolute Gasteiger partial charge is 0.301 e. The van der Waals surface area contributed by atoms with Gasteiger partial charge in [0.15, 0.2) is 27.3 Å². The van der Waals surface area contributed by atoms with Gasteiger partial charge in [0.05, 0.1) is 24.8 Å². The lowest BCUT2D eigenvalue weighted by Crippen LogP contribution is -2.29. The molecule has 1 aromatic heterocycles. The molecule has 2 aliphatic heterocycles.